The van der Waals surface area contributed by atoms with Crippen molar-refractivity contribution in [1.29, 1.82) is 0 Å². The quantitative estimate of drug-likeness (QED) is 0.587. The van der Waals surface area contributed by atoms with Crippen LogP contribution >= 0.6 is 0 Å². The van der Waals surface area contributed by atoms with Crippen LogP contribution in [0, 0.1) is 6.92 Å². The fourth-order valence-electron chi connectivity index (χ4n) is 2.65. The number of H-pyrrole nitrogens is 1. The van der Waals surface area contributed by atoms with Crippen molar-refractivity contribution in [3.63, 3.8) is 0 Å². The van der Waals surface area contributed by atoms with Crippen molar-refractivity contribution in [3.8, 4) is 0 Å². The molecule has 0 spiro atoms. The molecule has 23 heavy (non-hydrogen) atoms. The molecule has 3 aromatic rings. The first-order valence-corrected chi connectivity index (χ1v) is 7.45. The van der Waals surface area contributed by atoms with Crippen LogP contribution in [0.5, 0.6) is 0 Å². The van der Waals surface area contributed by atoms with Gasteiger partial charge in [0, 0.05) is 22.2 Å². The van der Waals surface area contributed by atoms with Crippen LogP contribution in [0.3, 0.4) is 0 Å². The van der Waals surface area contributed by atoms with Crippen molar-refractivity contribution in [2.24, 2.45) is 0 Å². The summed E-state index contributed by atoms with van der Waals surface area (Å²) < 4.78 is 5.32. The number of aromatic nitrogens is 1. The van der Waals surface area contributed by atoms with Crippen LogP contribution in [-0.4, -0.2) is 22.8 Å². The molecule has 4 nitrogen and oxygen atoms in total. The molecule has 1 N–H and O–H groups in total. The van der Waals surface area contributed by atoms with Gasteiger partial charge >= 0.3 is 5.97 Å². The number of para-hydroxylation sites is 1. The molecule has 0 aliphatic carbocycles. The highest BCUT2D eigenvalue weighted by Gasteiger charge is 2.24. The Balaban J connectivity index is 1.85. The monoisotopic (exact) mass is 307 g/mol. The predicted octanol–water partition coefficient (Wildman–Crippen LogP) is 3.90. The summed E-state index contributed by atoms with van der Waals surface area (Å²) in [5.74, 6) is -0.701. The van der Waals surface area contributed by atoms with Gasteiger partial charge in [-0.1, -0.05) is 36.4 Å². The third-order valence-corrected chi connectivity index (χ3v) is 3.80. The Labute approximate surface area is 134 Å². The summed E-state index contributed by atoms with van der Waals surface area (Å²) in [6.45, 7) is 3.45. The van der Waals surface area contributed by atoms with Crippen LogP contribution in [0.1, 0.15) is 33.3 Å². The van der Waals surface area contributed by atoms with Gasteiger partial charge < -0.3 is 9.72 Å². The van der Waals surface area contributed by atoms with Crippen LogP contribution in [0.25, 0.3) is 10.9 Å². The third kappa shape index (κ3) is 2.88. The second-order valence-electron chi connectivity index (χ2n) is 5.45. The van der Waals surface area contributed by atoms with E-state index >= 15 is 0 Å². The number of aryl methyl sites for hydroxylation is 1. The van der Waals surface area contributed by atoms with E-state index in [1.165, 1.54) is 0 Å². The molecule has 0 unspecified atom stereocenters. The highest BCUT2D eigenvalue weighted by molar-refractivity contribution is 6.11. The number of aromatic amines is 1. The predicted molar refractivity (Wildman–Crippen MR) is 88.7 cm³/mol. The number of ketones is 1. The maximum atomic E-state index is 12.7. The molecule has 0 saturated heterocycles. The van der Waals surface area contributed by atoms with E-state index in [0.717, 1.165) is 16.6 Å². The number of carbonyl (C=O) groups excluding carboxylic acids is 2. The van der Waals surface area contributed by atoms with E-state index in [1.54, 1.807) is 31.2 Å². The van der Waals surface area contributed by atoms with Crippen molar-refractivity contribution in [1.82, 2.24) is 4.98 Å². The Bertz CT molecular complexity index is 865. The summed E-state index contributed by atoms with van der Waals surface area (Å²) in [4.78, 5) is 28.0. The van der Waals surface area contributed by atoms with Gasteiger partial charge in [0.25, 0.3) is 0 Å². The number of rotatable bonds is 4. The lowest BCUT2D eigenvalue weighted by molar-refractivity contribution is 0.0319. The van der Waals surface area contributed by atoms with Crippen molar-refractivity contribution >= 4 is 22.7 Å². The first-order valence-electron chi connectivity index (χ1n) is 7.45. The van der Waals surface area contributed by atoms with Gasteiger partial charge in [0.05, 0.1) is 5.56 Å². The summed E-state index contributed by atoms with van der Waals surface area (Å²) in [6.07, 6.45) is -0.847. The number of hydrogen-bond acceptors (Lipinski definition) is 3. The zero-order valence-electron chi connectivity index (χ0n) is 13.0. The van der Waals surface area contributed by atoms with Gasteiger partial charge in [-0.05, 0) is 32.0 Å². The third-order valence-electron chi connectivity index (χ3n) is 3.80. The lowest BCUT2D eigenvalue weighted by Crippen LogP contribution is -2.24. The summed E-state index contributed by atoms with van der Waals surface area (Å²) in [5.41, 5.74) is 2.69. The van der Waals surface area contributed by atoms with E-state index in [-0.39, 0.29) is 5.78 Å². The summed E-state index contributed by atoms with van der Waals surface area (Å²) in [6, 6.07) is 16.3. The number of carbonyl (C=O) groups is 2. The molecule has 4 heteroatoms. The highest BCUT2D eigenvalue weighted by Crippen LogP contribution is 2.24. The van der Waals surface area contributed by atoms with Crippen molar-refractivity contribution in [2.75, 3.05) is 0 Å². The number of benzene rings is 2. The Morgan fingerprint density at radius 1 is 1.00 bits per heavy atom. The molecular weight excluding hydrogens is 290 g/mol. The van der Waals surface area contributed by atoms with E-state index in [1.807, 2.05) is 37.3 Å². The molecule has 0 aliphatic heterocycles. The van der Waals surface area contributed by atoms with Gasteiger partial charge in [0.15, 0.2) is 6.10 Å². The lowest BCUT2D eigenvalue weighted by atomic mass is 10.0. The molecule has 0 aliphatic rings. The Kier molecular flexibility index (Phi) is 3.98. The molecule has 1 heterocycles. The summed E-state index contributed by atoms with van der Waals surface area (Å²) in [5, 5.41) is 0.845. The molecule has 0 fully saturated rings. The Morgan fingerprint density at radius 3 is 2.39 bits per heavy atom. The molecule has 3 rings (SSSR count). The molecule has 0 radical (unpaired) electrons. The zero-order chi connectivity index (χ0) is 16.4. The minimum absolute atomic E-state index is 0.204. The normalized spacial score (nSPS) is 12.1. The number of ether oxygens (including phenoxy) is 1. The smallest absolute Gasteiger partial charge is 0.338 e. The second kappa shape index (κ2) is 6.08. The standard InChI is InChI=1S/C19H17NO3/c1-12-17(15-10-6-7-11-16(15)20-12)18(21)13(2)23-19(22)14-8-4-3-5-9-14/h3-11,13,20H,1-2H3/t13-/m0/s1. The molecule has 116 valence electrons. The van der Waals surface area contributed by atoms with Gasteiger partial charge in [-0.3, -0.25) is 4.79 Å². The maximum absolute atomic E-state index is 12.7. The van der Waals surface area contributed by atoms with Crippen LogP contribution < -0.4 is 0 Å². The van der Waals surface area contributed by atoms with Crippen LogP contribution in [0.2, 0.25) is 0 Å². The SMILES string of the molecule is Cc1[nH]c2ccccc2c1C(=O)[C@H](C)OC(=O)c1ccccc1. The van der Waals surface area contributed by atoms with E-state index < -0.39 is 12.1 Å². The highest BCUT2D eigenvalue weighted by atomic mass is 16.5. The molecule has 0 amide bonds. The van der Waals surface area contributed by atoms with Crippen molar-refractivity contribution in [2.45, 2.75) is 20.0 Å². The summed E-state index contributed by atoms with van der Waals surface area (Å²) >= 11 is 0. The molecule has 2 aromatic carbocycles. The van der Waals surface area contributed by atoms with Crippen LogP contribution in [0.4, 0.5) is 0 Å². The molecule has 1 atom stereocenters. The molecule has 0 saturated carbocycles. The average Bonchev–Trinajstić information content (AvgIpc) is 2.90. The maximum Gasteiger partial charge on any atom is 0.338 e. The number of esters is 1. The van der Waals surface area contributed by atoms with E-state index in [9.17, 15) is 9.59 Å². The zero-order valence-corrected chi connectivity index (χ0v) is 13.0. The van der Waals surface area contributed by atoms with Gasteiger partial charge in [-0.2, -0.15) is 0 Å². The van der Waals surface area contributed by atoms with Crippen molar-refractivity contribution < 1.29 is 14.3 Å². The average molecular weight is 307 g/mol. The minimum Gasteiger partial charge on any atom is -0.451 e. The number of nitrogens with one attached hydrogen (secondary N) is 1. The number of Topliss-reactive ketones (excluding diaryl/α,β-unsaturated/α-hetero) is 1. The molecule has 0 bridgehead atoms. The lowest BCUT2D eigenvalue weighted by Gasteiger charge is -2.12. The van der Waals surface area contributed by atoms with E-state index in [4.69, 9.17) is 4.74 Å². The Hall–Kier alpha value is -2.88. The van der Waals surface area contributed by atoms with Crippen LogP contribution in [0.15, 0.2) is 54.6 Å². The summed E-state index contributed by atoms with van der Waals surface area (Å²) in [7, 11) is 0. The molecular formula is C19H17NO3. The minimum atomic E-state index is -0.847. The first-order chi connectivity index (χ1) is 11.1. The topological polar surface area (TPSA) is 59.2 Å². The van der Waals surface area contributed by atoms with Gasteiger partial charge in [0.1, 0.15) is 0 Å². The van der Waals surface area contributed by atoms with E-state index in [0.29, 0.717) is 11.1 Å². The van der Waals surface area contributed by atoms with Gasteiger partial charge in [-0.25, -0.2) is 4.79 Å². The number of hydrogen-bond donors (Lipinski definition) is 1. The Morgan fingerprint density at radius 2 is 1.65 bits per heavy atom. The van der Waals surface area contributed by atoms with Crippen molar-refractivity contribution in [3.05, 3.63) is 71.4 Å². The fraction of sp³-hybridized carbons (Fsp3) is 0.158. The largest absolute Gasteiger partial charge is 0.451 e. The van der Waals surface area contributed by atoms with Crippen LogP contribution in [-0.2, 0) is 4.74 Å². The second-order valence-corrected chi connectivity index (χ2v) is 5.45. The fourth-order valence-corrected chi connectivity index (χ4v) is 2.65. The number of fused-ring (bicyclic) bond motifs is 1. The van der Waals surface area contributed by atoms with Gasteiger partial charge in [0.2, 0.25) is 5.78 Å². The van der Waals surface area contributed by atoms with E-state index in [2.05, 4.69) is 4.98 Å². The molecule has 1 aromatic heterocycles. The van der Waals surface area contributed by atoms with Gasteiger partial charge in [-0.15, -0.1) is 0 Å². The first kappa shape index (κ1) is 15.0.